The maximum atomic E-state index is 8.33. The summed E-state index contributed by atoms with van der Waals surface area (Å²) in [5, 5.41) is 16.7. The molecule has 0 amide bonds. The number of hydrogen-bond donors (Lipinski definition) is 1. The van der Waals surface area contributed by atoms with E-state index < -0.39 is 6.16 Å². The first kappa shape index (κ1) is 23.6. The van der Waals surface area contributed by atoms with Crippen LogP contribution in [0.1, 0.15) is 0 Å². The van der Waals surface area contributed by atoms with Crippen LogP contribution in [0.2, 0.25) is 0 Å². The van der Waals surface area contributed by atoms with Crippen LogP contribution in [0.3, 0.4) is 0 Å². The molecule has 0 bridgehead atoms. The Labute approximate surface area is 204 Å². The van der Waals surface area contributed by atoms with Gasteiger partial charge in [0, 0.05) is 37.6 Å². The standard InChI is InChI=1S/C11H17N3.CH2O3.2K/c1-13-6-8-14(9-7-13)11-4-2-10(12)3-5-11;2-1(3)4;;/h2-5H,6-9,12H2,1H3;(H2,2,3,4);;/q;;2*+1/p-2. The number of anilines is 2. The number of rotatable bonds is 1. The zero-order valence-corrected chi connectivity index (χ0v) is 18.6. The second-order valence-corrected chi connectivity index (χ2v) is 4.13. The molecule has 20 heavy (non-hydrogen) atoms. The number of carboxylic acid groups (broad SMARTS) is 2. The van der Waals surface area contributed by atoms with Crippen molar-refractivity contribution < 1.29 is 118 Å². The molecule has 100 valence electrons. The van der Waals surface area contributed by atoms with Gasteiger partial charge in [0.1, 0.15) is 0 Å². The van der Waals surface area contributed by atoms with E-state index in [4.69, 9.17) is 20.7 Å². The number of likely N-dealkylation sites (N-methyl/N-ethyl adjacent to an activating group) is 1. The van der Waals surface area contributed by atoms with Crippen molar-refractivity contribution in [2.24, 2.45) is 0 Å². The van der Waals surface area contributed by atoms with E-state index >= 15 is 0 Å². The number of carbonyl (C=O) groups is 1. The van der Waals surface area contributed by atoms with Gasteiger partial charge in [-0.3, -0.25) is 0 Å². The van der Waals surface area contributed by atoms with E-state index in [1.807, 2.05) is 12.1 Å². The van der Waals surface area contributed by atoms with E-state index in [1.165, 1.54) is 5.69 Å². The minimum absolute atomic E-state index is 0. The van der Waals surface area contributed by atoms with Gasteiger partial charge < -0.3 is 30.5 Å². The van der Waals surface area contributed by atoms with Gasteiger partial charge in [-0.25, -0.2) is 0 Å². The summed E-state index contributed by atoms with van der Waals surface area (Å²) in [6, 6.07) is 8.13. The fourth-order valence-electron chi connectivity index (χ4n) is 1.75. The molecule has 6 nitrogen and oxygen atoms in total. The average molecular weight is 329 g/mol. The smallest absolute Gasteiger partial charge is 0.652 e. The topological polar surface area (TPSA) is 95.7 Å². The molecule has 1 aromatic carbocycles. The van der Waals surface area contributed by atoms with E-state index in [-0.39, 0.29) is 103 Å². The van der Waals surface area contributed by atoms with Crippen LogP contribution in [0, 0.1) is 0 Å². The van der Waals surface area contributed by atoms with Crippen LogP contribution in [0.25, 0.3) is 0 Å². The normalized spacial score (nSPS) is 14.2. The molecular weight excluding hydrogens is 312 g/mol. The molecule has 1 aliphatic rings. The Morgan fingerprint density at radius 1 is 1.05 bits per heavy atom. The fourth-order valence-corrected chi connectivity index (χ4v) is 1.75. The second kappa shape index (κ2) is 12.8. The van der Waals surface area contributed by atoms with Gasteiger partial charge in [-0.1, -0.05) is 0 Å². The maximum absolute atomic E-state index is 8.33. The van der Waals surface area contributed by atoms with Gasteiger partial charge in [0.25, 0.3) is 0 Å². The maximum Gasteiger partial charge on any atom is 1.00 e. The molecule has 0 spiro atoms. The predicted octanol–water partition coefficient (Wildman–Crippen LogP) is -7.42. The molecule has 1 fully saturated rings. The number of nitrogens with zero attached hydrogens (tertiary/aromatic N) is 2. The zero-order valence-electron chi connectivity index (χ0n) is 12.3. The van der Waals surface area contributed by atoms with Crippen molar-refractivity contribution in [1.82, 2.24) is 4.90 Å². The van der Waals surface area contributed by atoms with Crippen LogP contribution in [0.5, 0.6) is 0 Å². The van der Waals surface area contributed by atoms with E-state index in [1.54, 1.807) is 0 Å². The molecule has 0 aromatic heterocycles. The first-order valence-corrected chi connectivity index (χ1v) is 5.66. The van der Waals surface area contributed by atoms with Crippen molar-refractivity contribution in [3.05, 3.63) is 24.3 Å². The Kier molecular flexibility index (Phi) is 15.1. The van der Waals surface area contributed by atoms with Crippen LogP contribution >= 0.6 is 0 Å². The third kappa shape index (κ3) is 10.1. The van der Waals surface area contributed by atoms with Crippen molar-refractivity contribution in [3.8, 4) is 0 Å². The molecular formula is C12H17K2N3O3. The van der Waals surface area contributed by atoms with Crippen molar-refractivity contribution in [2.45, 2.75) is 0 Å². The number of hydrogen-bond acceptors (Lipinski definition) is 6. The second-order valence-electron chi connectivity index (χ2n) is 4.13. The minimum Gasteiger partial charge on any atom is -0.652 e. The summed E-state index contributed by atoms with van der Waals surface area (Å²) < 4.78 is 0. The predicted molar refractivity (Wildman–Crippen MR) is 66.0 cm³/mol. The molecule has 0 saturated carbocycles. The van der Waals surface area contributed by atoms with Gasteiger partial charge in [-0.2, -0.15) is 0 Å². The molecule has 1 aromatic rings. The number of carbonyl (C=O) groups excluding carboxylic acids is 1. The Morgan fingerprint density at radius 3 is 1.85 bits per heavy atom. The molecule has 2 N–H and O–H groups in total. The van der Waals surface area contributed by atoms with Crippen LogP contribution in [-0.2, 0) is 0 Å². The summed E-state index contributed by atoms with van der Waals surface area (Å²) in [6.07, 6.45) is -2.33. The van der Waals surface area contributed by atoms with Crippen LogP contribution in [0.4, 0.5) is 16.2 Å². The quantitative estimate of drug-likeness (QED) is 0.406. The van der Waals surface area contributed by atoms with Gasteiger partial charge in [-0.05, 0) is 37.5 Å². The first-order valence-electron chi connectivity index (χ1n) is 5.66. The number of piperazine rings is 1. The molecule has 0 radical (unpaired) electrons. The summed E-state index contributed by atoms with van der Waals surface area (Å²) >= 11 is 0. The average Bonchev–Trinajstić information content (AvgIpc) is 2.31. The first-order chi connectivity index (χ1) is 8.49. The molecule has 1 saturated heterocycles. The summed E-state index contributed by atoms with van der Waals surface area (Å²) in [6.45, 7) is 4.51. The Morgan fingerprint density at radius 2 is 1.45 bits per heavy atom. The van der Waals surface area contributed by atoms with Crippen molar-refractivity contribution in [1.29, 1.82) is 0 Å². The van der Waals surface area contributed by atoms with E-state index in [9.17, 15) is 0 Å². The van der Waals surface area contributed by atoms with Crippen LogP contribution in [-0.4, -0.2) is 44.3 Å². The zero-order chi connectivity index (χ0) is 13.5. The van der Waals surface area contributed by atoms with Gasteiger partial charge in [-0.15, -0.1) is 0 Å². The van der Waals surface area contributed by atoms with Gasteiger partial charge in [0.2, 0.25) is 0 Å². The fraction of sp³-hybridized carbons (Fsp3) is 0.417. The molecule has 8 heteroatoms. The number of nitrogen functional groups attached to an aromatic ring is 1. The summed E-state index contributed by atoms with van der Waals surface area (Å²) in [4.78, 5) is 13.1. The summed E-state index contributed by atoms with van der Waals surface area (Å²) in [5.41, 5.74) is 7.77. The number of nitrogens with two attached hydrogens (primary N) is 1. The van der Waals surface area contributed by atoms with Crippen LogP contribution < -0.4 is 124 Å². The van der Waals surface area contributed by atoms with Crippen molar-refractivity contribution >= 4 is 17.5 Å². The molecule has 2 rings (SSSR count). The van der Waals surface area contributed by atoms with Gasteiger partial charge >= 0.3 is 103 Å². The third-order valence-electron chi connectivity index (χ3n) is 2.76. The molecule has 0 unspecified atom stereocenters. The third-order valence-corrected chi connectivity index (χ3v) is 2.76. The molecule has 1 heterocycles. The van der Waals surface area contributed by atoms with Gasteiger partial charge in [0.05, 0.1) is 0 Å². The summed E-state index contributed by atoms with van der Waals surface area (Å²) in [5.74, 6) is 0. The number of benzene rings is 1. The minimum atomic E-state index is -2.33. The summed E-state index contributed by atoms with van der Waals surface area (Å²) in [7, 11) is 2.17. The van der Waals surface area contributed by atoms with Gasteiger partial charge in [0.15, 0.2) is 0 Å². The van der Waals surface area contributed by atoms with E-state index in [0.717, 1.165) is 31.9 Å². The molecule has 0 aliphatic carbocycles. The Hall–Kier alpha value is 1.32. The van der Waals surface area contributed by atoms with Crippen LogP contribution in [0.15, 0.2) is 24.3 Å². The van der Waals surface area contributed by atoms with E-state index in [2.05, 4.69) is 29.0 Å². The van der Waals surface area contributed by atoms with E-state index in [0.29, 0.717) is 0 Å². The van der Waals surface area contributed by atoms with Crippen molar-refractivity contribution in [3.63, 3.8) is 0 Å². The molecule has 0 atom stereocenters. The SMILES string of the molecule is CN1CCN(c2ccc(N)cc2)CC1.O=C([O-])[O-].[K+].[K+]. The Bertz CT molecular complexity index is 378. The Balaban J connectivity index is 0. The largest absolute Gasteiger partial charge is 1.00 e. The van der Waals surface area contributed by atoms with Crippen molar-refractivity contribution in [2.75, 3.05) is 43.9 Å². The monoisotopic (exact) mass is 329 g/mol. The molecule has 1 aliphatic heterocycles.